The predicted octanol–water partition coefficient (Wildman–Crippen LogP) is 0.394. The van der Waals surface area contributed by atoms with Crippen LogP contribution in [0, 0.1) is 6.92 Å². The molecule has 0 aromatic carbocycles. The largest absolute Gasteiger partial charge is 0.335 e. The van der Waals surface area contributed by atoms with Crippen molar-refractivity contribution in [1.29, 1.82) is 0 Å². The van der Waals surface area contributed by atoms with E-state index in [1.165, 1.54) is 11.8 Å². The average molecular weight is 344 g/mol. The molecule has 1 atom stereocenters. The van der Waals surface area contributed by atoms with E-state index in [9.17, 15) is 13.2 Å². The molecular formula is C13H20N4O3S2. The number of carbonyl (C=O) groups excluding carboxylic acids is 1. The van der Waals surface area contributed by atoms with Gasteiger partial charge in [-0.25, -0.2) is 8.42 Å². The van der Waals surface area contributed by atoms with Crippen LogP contribution in [0.15, 0.2) is 5.16 Å². The first-order valence-corrected chi connectivity index (χ1v) is 10.2. The van der Waals surface area contributed by atoms with E-state index < -0.39 is 9.84 Å². The molecule has 1 aromatic heterocycles. The van der Waals surface area contributed by atoms with Gasteiger partial charge in [-0.15, -0.1) is 10.2 Å². The van der Waals surface area contributed by atoms with Crippen LogP contribution in [0.4, 0.5) is 0 Å². The van der Waals surface area contributed by atoms with Crippen LogP contribution < -0.4 is 0 Å². The number of aromatic nitrogens is 3. The van der Waals surface area contributed by atoms with Gasteiger partial charge < -0.3 is 9.47 Å². The van der Waals surface area contributed by atoms with E-state index in [1.54, 1.807) is 0 Å². The molecule has 22 heavy (non-hydrogen) atoms. The summed E-state index contributed by atoms with van der Waals surface area (Å²) in [5.41, 5.74) is 0. The molecule has 1 saturated heterocycles. The normalized spacial score (nSPS) is 23.6. The molecule has 9 heteroatoms. The summed E-state index contributed by atoms with van der Waals surface area (Å²) >= 11 is 1.36. The van der Waals surface area contributed by atoms with Crippen molar-refractivity contribution in [1.82, 2.24) is 19.7 Å². The van der Waals surface area contributed by atoms with Gasteiger partial charge in [0.25, 0.3) is 0 Å². The molecule has 3 rings (SSSR count). The lowest BCUT2D eigenvalue weighted by Crippen LogP contribution is -2.43. The first-order valence-electron chi connectivity index (χ1n) is 7.38. The Balaban J connectivity index is 1.65. The summed E-state index contributed by atoms with van der Waals surface area (Å²) in [4.78, 5) is 14.4. The van der Waals surface area contributed by atoms with Gasteiger partial charge in [0, 0.05) is 19.1 Å². The molecule has 2 aliphatic rings. The zero-order valence-electron chi connectivity index (χ0n) is 12.7. The number of nitrogens with zero attached hydrogens (tertiary/aromatic N) is 4. The minimum atomic E-state index is -2.98. The van der Waals surface area contributed by atoms with Crippen LogP contribution in [0.1, 0.15) is 25.1 Å². The number of aryl methyl sites for hydroxylation is 1. The van der Waals surface area contributed by atoms with E-state index in [0.717, 1.165) is 18.7 Å². The number of carbonyl (C=O) groups is 1. The summed E-state index contributed by atoms with van der Waals surface area (Å²) in [6.07, 6.45) is 2.53. The third-order valence-corrected chi connectivity index (χ3v) is 6.96. The zero-order chi connectivity index (χ0) is 15.9. The highest BCUT2D eigenvalue weighted by Gasteiger charge is 2.41. The fourth-order valence-corrected chi connectivity index (χ4v) is 5.30. The molecule has 0 radical (unpaired) electrons. The third-order valence-electron chi connectivity index (χ3n) is 4.21. The first-order chi connectivity index (χ1) is 10.4. The molecule has 1 amide bonds. The molecule has 2 fully saturated rings. The Bertz CT molecular complexity index is 681. The summed E-state index contributed by atoms with van der Waals surface area (Å²) in [7, 11) is -1.11. The van der Waals surface area contributed by atoms with Crippen molar-refractivity contribution in [2.45, 2.75) is 43.4 Å². The smallest absolute Gasteiger partial charge is 0.233 e. The maximum absolute atomic E-state index is 12.6. The fourth-order valence-electron chi connectivity index (χ4n) is 2.77. The minimum Gasteiger partial charge on any atom is -0.335 e. The number of rotatable bonds is 5. The second kappa shape index (κ2) is 5.84. The summed E-state index contributed by atoms with van der Waals surface area (Å²) in [5, 5.41) is 8.72. The Kier molecular flexibility index (Phi) is 4.19. The standard InChI is InChI=1S/C13H20N4O3S2/c1-9-14-15-13(16(9)2)21-7-12(18)17(10-3-4-10)11-5-6-22(19,20)8-11/h10-11H,3-8H2,1-2H3/t11-/m1/s1. The number of sulfone groups is 1. The van der Waals surface area contributed by atoms with E-state index in [2.05, 4.69) is 10.2 Å². The second-order valence-corrected chi connectivity index (χ2v) is 9.14. The van der Waals surface area contributed by atoms with Gasteiger partial charge in [0.05, 0.1) is 17.3 Å². The van der Waals surface area contributed by atoms with Gasteiger partial charge in [-0.3, -0.25) is 4.79 Å². The van der Waals surface area contributed by atoms with Crippen LogP contribution in [0.25, 0.3) is 0 Å². The van der Waals surface area contributed by atoms with E-state index in [0.29, 0.717) is 11.6 Å². The average Bonchev–Trinajstić information content (AvgIpc) is 3.15. The molecule has 1 aliphatic heterocycles. The van der Waals surface area contributed by atoms with E-state index in [-0.39, 0.29) is 35.2 Å². The Labute approximate surface area is 134 Å². The molecular weight excluding hydrogens is 324 g/mol. The molecule has 1 aliphatic carbocycles. The zero-order valence-corrected chi connectivity index (χ0v) is 14.4. The van der Waals surface area contributed by atoms with Crippen LogP contribution in [-0.2, 0) is 21.7 Å². The summed E-state index contributed by atoms with van der Waals surface area (Å²) in [5.74, 6) is 1.40. The Morgan fingerprint density at radius 3 is 2.55 bits per heavy atom. The van der Waals surface area contributed by atoms with Gasteiger partial charge in [-0.2, -0.15) is 0 Å². The summed E-state index contributed by atoms with van der Waals surface area (Å²) in [6, 6.07) is 0.0828. The van der Waals surface area contributed by atoms with Gasteiger partial charge in [-0.1, -0.05) is 11.8 Å². The number of hydrogen-bond donors (Lipinski definition) is 0. The number of amides is 1. The monoisotopic (exact) mass is 344 g/mol. The van der Waals surface area contributed by atoms with Crippen LogP contribution in [0.5, 0.6) is 0 Å². The van der Waals surface area contributed by atoms with Crippen molar-refractivity contribution < 1.29 is 13.2 Å². The van der Waals surface area contributed by atoms with Crippen molar-refractivity contribution in [3.05, 3.63) is 5.82 Å². The van der Waals surface area contributed by atoms with E-state index in [4.69, 9.17) is 0 Å². The molecule has 1 aromatic rings. The van der Waals surface area contributed by atoms with Crippen molar-refractivity contribution >= 4 is 27.5 Å². The van der Waals surface area contributed by atoms with Crippen molar-refractivity contribution in [2.75, 3.05) is 17.3 Å². The summed E-state index contributed by atoms with van der Waals surface area (Å²) in [6.45, 7) is 1.86. The van der Waals surface area contributed by atoms with Crippen molar-refractivity contribution in [3.8, 4) is 0 Å². The molecule has 0 bridgehead atoms. The van der Waals surface area contributed by atoms with Gasteiger partial charge in [0.15, 0.2) is 15.0 Å². The number of hydrogen-bond acceptors (Lipinski definition) is 6. The second-order valence-electron chi connectivity index (χ2n) is 5.97. The highest BCUT2D eigenvalue weighted by atomic mass is 32.2. The molecule has 0 N–H and O–H groups in total. The topological polar surface area (TPSA) is 85.2 Å². The SMILES string of the molecule is Cc1nnc(SCC(=O)N(C2CC2)[C@@H]2CCS(=O)(=O)C2)n1C. The quantitative estimate of drug-likeness (QED) is 0.719. The van der Waals surface area contributed by atoms with Crippen LogP contribution in [0.2, 0.25) is 0 Å². The maximum Gasteiger partial charge on any atom is 0.233 e. The highest BCUT2D eigenvalue weighted by Crippen LogP contribution is 2.33. The van der Waals surface area contributed by atoms with Gasteiger partial charge in [0.2, 0.25) is 5.91 Å². The lowest BCUT2D eigenvalue weighted by atomic mass is 10.2. The van der Waals surface area contributed by atoms with E-state index >= 15 is 0 Å². The lowest BCUT2D eigenvalue weighted by Gasteiger charge is -2.28. The van der Waals surface area contributed by atoms with Crippen molar-refractivity contribution in [2.24, 2.45) is 7.05 Å². The Hall–Kier alpha value is -1.09. The maximum atomic E-state index is 12.6. The van der Waals surface area contributed by atoms with E-state index in [1.807, 2.05) is 23.4 Å². The molecule has 0 spiro atoms. The van der Waals surface area contributed by atoms with Crippen LogP contribution in [0.3, 0.4) is 0 Å². The van der Waals surface area contributed by atoms with Gasteiger partial charge >= 0.3 is 0 Å². The lowest BCUT2D eigenvalue weighted by molar-refractivity contribution is -0.130. The third kappa shape index (κ3) is 3.29. The molecule has 1 saturated carbocycles. The predicted molar refractivity (Wildman–Crippen MR) is 83.4 cm³/mol. The molecule has 7 nitrogen and oxygen atoms in total. The fraction of sp³-hybridized carbons (Fsp3) is 0.769. The first kappa shape index (κ1) is 15.8. The molecule has 2 heterocycles. The Morgan fingerprint density at radius 2 is 2.05 bits per heavy atom. The number of thioether (sulfide) groups is 1. The van der Waals surface area contributed by atoms with Crippen molar-refractivity contribution in [3.63, 3.8) is 0 Å². The molecule has 122 valence electrons. The van der Waals surface area contributed by atoms with Gasteiger partial charge in [0.1, 0.15) is 5.82 Å². The summed E-state index contributed by atoms with van der Waals surface area (Å²) < 4.78 is 25.2. The Morgan fingerprint density at radius 1 is 1.32 bits per heavy atom. The van der Waals surface area contributed by atoms with Crippen LogP contribution >= 0.6 is 11.8 Å². The van der Waals surface area contributed by atoms with Crippen LogP contribution in [-0.4, -0.2) is 63.3 Å². The van der Waals surface area contributed by atoms with Gasteiger partial charge in [-0.05, 0) is 26.2 Å². The highest BCUT2D eigenvalue weighted by molar-refractivity contribution is 7.99. The minimum absolute atomic E-state index is 0.00949. The molecule has 0 unspecified atom stereocenters.